The van der Waals surface area contributed by atoms with E-state index in [4.69, 9.17) is 9.47 Å². The molecule has 4 aliphatic carbocycles. The number of amides is 2. The average Bonchev–Trinajstić information content (AvgIpc) is 3.25. The number of carbonyl (C=O) groups is 1. The molecule has 4 saturated carbocycles. The summed E-state index contributed by atoms with van der Waals surface area (Å²) in [6.07, 6.45) is 22.5. The predicted molar refractivity (Wildman–Crippen MR) is 244 cm³/mol. The van der Waals surface area contributed by atoms with Crippen LogP contribution in [0.1, 0.15) is 171 Å². The third-order valence-corrected chi connectivity index (χ3v) is 14.6. The zero-order chi connectivity index (χ0) is 41.7. The Morgan fingerprint density at radius 3 is 1.88 bits per heavy atom. The normalized spacial score (nSPS) is 27.1. The SMILES string of the molecule is CCCCCCCCN(CCCCCCCC)C[C@H]1O[C@@H](c2ccc(-c3ccccc3CNC(=O)NC34CC5CC(CC(C5)C3)C4)cc2)O[C@@H](c2ccc(CO)cc2)[C@H]1C. The summed E-state index contributed by atoms with van der Waals surface area (Å²) in [6.45, 7) is 10.5. The van der Waals surface area contributed by atoms with Gasteiger partial charge in [0.1, 0.15) is 0 Å². The summed E-state index contributed by atoms with van der Waals surface area (Å²) in [6, 6.07) is 25.3. The van der Waals surface area contributed by atoms with Gasteiger partial charge in [-0.15, -0.1) is 0 Å². The summed E-state index contributed by atoms with van der Waals surface area (Å²) in [5, 5.41) is 16.5. The number of aliphatic hydroxyl groups is 1. The summed E-state index contributed by atoms with van der Waals surface area (Å²) in [5.74, 6) is 2.53. The lowest BCUT2D eigenvalue weighted by Gasteiger charge is -2.56. The number of nitrogens with zero attached hydrogens (tertiary/aromatic N) is 1. The lowest BCUT2D eigenvalue weighted by Crippen LogP contribution is -2.61. The van der Waals surface area contributed by atoms with Crippen molar-refractivity contribution in [2.24, 2.45) is 23.7 Å². The van der Waals surface area contributed by atoms with E-state index in [1.54, 1.807) is 0 Å². The highest BCUT2D eigenvalue weighted by Gasteiger charge is 2.51. The highest BCUT2D eigenvalue weighted by molar-refractivity contribution is 5.76. The zero-order valence-electron chi connectivity index (χ0n) is 37.4. The molecule has 4 atom stereocenters. The summed E-state index contributed by atoms with van der Waals surface area (Å²) in [5.41, 5.74) is 6.38. The Hall–Kier alpha value is -3.23. The van der Waals surface area contributed by atoms with Crippen molar-refractivity contribution >= 4 is 6.03 Å². The van der Waals surface area contributed by atoms with E-state index in [1.165, 1.54) is 96.3 Å². The van der Waals surface area contributed by atoms with Crippen LogP contribution in [0.4, 0.5) is 4.79 Å². The Kier molecular flexibility index (Phi) is 16.6. The van der Waals surface area contributed by atoms with Crippen LogP contribution in [0, 0.1) is 23.7 Å². The van der Waals surface area contributed by atoms with Gasteiger partial charge in [0, 0.05) is 30.1 Å². The van der Waals surface area contributed by atoms with E-state index in [0.29, 0.717) is 6.54 Å². The molecule has 1 aliphatic heterocycles. The van der Waals surface area contributed by atoms with E-state index >= 15 is 0 Å². The monoisotopic (exact) mass is 820 g/mol. The van der Waals surface area contributed by atoms with Gasteiger partial charge in [-0.05, 0) is 110 Å². The van der Waals surface area contributed by atoms with Crippen molar-refractivity contribution in [3.05, 3.63) is 95.1 Å². The van der Waals surface area contributed by atoms with Gasteiger partial charge >= 0.3 is 6.03 Å². The maximum atomic E-state index is 13.4. The fourth-order valence-electron chi connectivity index (χ4n) is 11.6. The summed E-state index contributed by atoms with van der Waals surface area (Å²) >= 11 is 0. The molecule has 8 rings (SSSR count). The highest BCUT2D eigenvalue weighted by Crippen LogP contribution is 2.55. The topological polar surface area (TPSA) is 83.1 Å². The van der Waals surface area contributed by atoms with Gasteiger partial charge in [0.25, 0.3) is 0 Å². The first-order valence-corrected chi connectivity index (χ1v) is 24.3. The zero-order valence-corrected chi connectivity index (χ0v) is 37.4. The van der Waals surface area contributed by atoms with Crippen molar-refractivity contribution in [1.82, 2.24) is 15.5 Å². The van der Waals surface area contributed by atoms with E-state index < -0.39 is 6.29 Å². The third-order valence-electron chi connectivity index (χ3n) is 14.6. The van der Waals surface area contributed by atoms with E-state index in [0.717, 1.165) is 90.0 Å². The van der Waals surface area contributed by atoms with Crippen LogP contribution >= 0.6 is 0 Å². The van der Waals surface area contributed by atoms with Crippen molar-refractivity contribution in [3.63, 3.8) is 0 Å². The largest absolute Gasteiger partial charge is 0.392 e. The minimum Gasteiger partial charge on any atom is -0.392 e. The molecule has 1 saturated heterocycles. The van der Waals surface area contributed by atoms with Crippen LogP contribution in [0.5, 0.6) is 0 Å². The van der Waals surface area contributed by atoms with Crippen molar-refractivity contribution in [2.75, 3.05) is 19.6 Å². The molecule has 5 fully saturated rings. The van der Waals surface area contributed by atoms with Gasteiger partial charge in [-0.2, -0.15) is 0 Å². The summed E-state index contributed by atoms with van der Waals surface area (Å²) in [4.78, 5) is 16.1. The standard InChI is InChI=1S/C53H77N3O4/c1-4-6-8-10-12-16-28-56(29-17-13-11-9-7-5-2)37-49-39(3)50(45-22-20-40(38-57)21-23-45)60-51(59-49)46-26-24-44(25-27-46)48-19-15-14-18-47(48)36-54-52(58)55-53-33-41-30-42(34-53)32-43(31-41)35-53/h14-15,18-27,39,41-43,49-51,57H,4-13,16-17,28-38H2,1-3H3,(H2,54,55,58)/t39-,41?,42?,43?,49+,50+,51+,53?/m0/s1. The summed E-state index contributed by atoms with van der Waals surface area (Å²) < 4.78 is 13.9. The smallest absolute Gasteiger partial charge is 0.315 e. The number of aliphatic hydroxyl groups excluding tert-OH is 1. The van der Waals surface area contributed by atoms with Gasteiger partial charge in [-0.3, -0.25) is 0 Å². The molecule has 0 radical (unpaired) electrons. The maximum Gasteiger partial charge on any atom is 0.315 e. The molecule has 7 heteroatoms. The molecule has 0 unspecified atom stereocenters. The lowest BCUT2D eigenvalue weighted by atomic mass is 9.53. The Morgan fingerprint density at radius 1 is 0.717 bits per heavy atom. The van der Waals surface area contributed by atoms with Crippen molar-refractivity contribution < 1.29 is 19.4 Å². The first-order chi connectivity index (χ1) is 29.3. The predicted octanol–water partition coefficient (Wildman–Crippen LogP) is 12.4. The minimum atomic E-state index is -0.502. The van der Waals surface area contributed by atoms with Crippen molar-refractivity contribution in [2.45, 2.75) is 174 Å². The summed E-state index contributed by atoms with van der Waals surface area (Å²) in [7, 11) is 0. The van der Waals surface area contributed by atoms with Gasteiger partial charge in [0.2, 0.25) is 0 Å². The van der Waals surface area contributed by atoms with Gasteiger partial charge in [0.05, 0.1) is 18.8 Å². The second-order valence-electron chi connectivity index (χ2n) is 19.4. The Labute approximate surface area is 362 Å². The molecule has 2 amide bonds. The molecule has 4 bridgehead atoms. The van der Waals surface area contributed by atoms with Gasteiger partial charge in [0.15, 0.2) is 6.29 Å². The molecular weight excluding hydrogens is 743 g/mol. The lowest BCUT2D eigenvalue weighted by molar-refractivity contribution is -0.276. The average molecular weight is 820 g/mol. The van der Waals surface area contributed by atoms with Crippen LogP contribution in [-0.4, -0.2) is 47.3 Å². The van der Waals surface area contributed by atoms with E-state index in [-0.39, 0.29) is 36.3 Å². The van der Waals surface area contributed by atoms with Crippen LogP contribution in [0.15, 0.2) is 72.8 Å². The molecule has 328 valence electrons. The van der Waals surface area contributed by atoms with E-state index in [1.807, 2.05) is 12.1 Å². The quantitative estimate of drug-likeness (QED) is 0.0830. The molecule has 3 N–H and O–H groups in total. The Morgan fingerprint density at radius 2 is 1.28 bits per heavy atom. The number of benzene rings is 3. The van der Waals surface area contributed by atoms with Crippen LogP contribution in [0.25, 0.3) is 11.1 Å². The number of ether oxygens (including phenoxy) is 2. The number of nitrogens with one attached hydrogen (secondary N) is 2. The number of urea groups is 1. The van der Waals surface area contributed by atoms with Crippen LogP contribution in [-0.2, 0) is 22.6 Å². The third kappa shape index (κ3) is 12.0. The molecular formula is C53H77N3O4. The molecule has 0 aromatic heterocycles. The van der Waals surface area contributed by atoms with E-state index in [9.17, 15) is 9.90 Å². The van der Waals surface area contributed by atoms with Gasteiger partial charge in [-0.25, -0.2) is 4.79 Å². The molecule has 3 aromatic rings. The number of carbonyl (C=O) groups excluding carboxylic acids is 1. The van der Waals surface area contributed by atoms with Crippen LogP contribution in [0.3, 0.4) is 0 Å². The van der Waals surface area contributed by atoms with Crippen molar-refractivity contribution in [1.29, 1.82) is 0 Å². The molecule has 3 aromatic carbocycles. The second-order valence-corrected chi connectivity index (χ2v) is 19.4. The van der Waals surface area contributed by atoms with Crippen LogP contribution < -0.4 is 10.6 Å². The molecule has 60 heavy (non-hydrogen) atoms. The number of rotatable bonds is 23. The fourth-order valence-corrected chi connectivity index (χ4v) is 11.6. The molecule has 7 nitrogen and oxygen atoms in total. The van der Waals surface area contributed by atoms with Crippen LogP contribution in [0.2, 0.25) is 0 Å². The Bertz CT molecular complexity index is 1690. The van der Waals surface area contributed by atoms with Gasteiger partial charge in [-0.1, -0.05) is 158 Å². The van der Waals surface area contributed by atoms with Crippen molar-refractivity contribution in [3.8, 4) is 11.1 Å². The Balaban J connectivity index is 1.03. The fraction of sp³-hybridized carbons (Fsp3) is 0.642. The molecule has 1 heterocycles. The number of hydrogen-bond acceptors (Lipinski definition) is 5. The van der Waals surface area contributed by atoms with E-state index in [2.05, 4.69) is 97.0 Å². The highest BCUT2D eigenvalue weighted by atomic mass is 16.7. The number of unbranched alkanes of at least 4 members (excludes halogenated alkanes) is 10. The number of hydrogen-bond donors (Lipinski definition) is 3. The second kappa shape index (κ2) is 22.2. The minimum absolute atomic E-state index is 0.00232. The molecule has 0 spiro atoms. The molecule has 5 aliphatic rings. The first kappa shape index (κ1) is 44.8. The maximum absolute atomic E-state index is 13.4. The first-order valence-electron chi connectivity index (χ1n) is 24.3. The van der Waals surface area contributed by atoms with Gasteiger partial charge < -0.3 is 30.1 Å².